The molecule has 1 rings (SSSR count). The standard InChI is InChI=1S/C9H14O5/c1-6(2)9(11-7(10)12-9)14-13-8(3,4)5/h1H2,2-5H3. The lowest BCUT2D eigenvalue weighted by Gasteiger charge is -2.38. The fourth-order valence-corrected chi connectivity index (χ4v) is 0.686. The van der Waals surface area contributed by atoms with Crippen LogP contribution in [0.25, 0.3) is 0 Å². The first kappa shape index (κ1) is 11.0. The van der Waals surface area contributed by atoms with Crippen molar-refractivity contribution in [1.29, 1.82) is 0 Å². The van der Waals surface area contributed by atoms with Crippen molar-refractivity contribution in [3.05, 3.63) is 12.2 Å². The Bertz CT molecular complexity index is 255. The molecular weight excluding hydrogens is 188 g/mol. The third-order valence-electron chi connectivity index (χ3n) is 1.36. The lowest BCUT2D eigenvalue weighted by atomic mass is 10.2. The quantitative estimate of drug-likeness (QED) is 0.303. The van der Waals surface area contributed by atoms with Gasteiger partial charge in [0.05, 0.1) is 5.60 Å². The number of ether oxygens (including phenoxy) is 2. The number of carbonyl (C=O) groups is 1. The van der Waals surface area contributed by atoms with E-state index in [9.17, 15) is 4.79 Å². The first-order chi connectivity index (χ1) is 6.25. The summed E-state index contributed by atoms with van der Waals surface area (Å²) in [6.07, 6.45) is -0.800. The molecule has 0 saturated carbocycles. The molecule has 0 aromatic heterocycles. The van der Waals surface area contributed by atoms with E-state index in [-0.39, 0.29) is 0 Å². The molecule has 0 atom stereocenters. The van der Waals surface area contributed by atoms with Crippen LogP contribution in [-0.2, 0) is 19.2 Å². The van der Waals surface area contributed by atoms with E-state index in [4.69, 9.17) is 9.78 Å². The average molecular weight is 202 g/mol. The zero-order valence-corrected chi connectivity index (χ0v) is 8.75. The highest BCUT2D eigenvalue weighted by Gasteiger charge is 2.54. The lowest BCUT2D eigenvalue weighted by Crippen LogP contribution is -2.53. The molecule has 1 saturated heterocycles. The minimum atomic E-state index is -1.57. The molecule has 80 valence electrons. The number of carbonyl (C=O) groups excluding carboxylic acids is 1. The second kappa shape index (κ2) is 3.25. The SMILES string of the molecule is C=C(C)C1(OOC(C)(C)C)OC(=O)O1. The van der Waals surface area contributed by atoms with E-state index in [1.165, 1.54) is 0 Å². The van der Waals surface area contributed by atoms with Gasteiger partial charge in [-0.1, -0.05) is 6.58 Å². The van der Waals surface area contributed by atoms with E-state index in [2.05, 4.69) is 16.1 Å². The van der Waals surface area contributed by atoms with Gasteiger partial charge in [0.2, 0.25) is 0 Å². The molecule has 0 unspecified atom stereocenters. The fourth-order valence-electron chi connectivity index (χ4n) is 0.686. The Morgan fingerprint density at radius 3 is 2.21 bits per heavy atom. The first-order valence-corrected chi connectivity index (χ1v) is 4.20. The smallest absolute Gasteiger partial charge is 0.360 e. The van der Waals surface area contributed by atoms with Gasteiger partial charge in [-0.25, -0.2) is 9.68 Å². The molecule has 5 nitrogen and oxygen atoms in total. The van der Waals surface area contributed by atoms with Gasteiger partial charge in [0.25, 0.3) is 0 Å². The van der Waals surface area contributed by atoms with Crippen molar-refractivity contribution >= 4 is 6.16 Å². The molecular formula is C9H14O5. The van der Waals surface area contributed by atoms with Gasteiger partial charge in [0.1, 0.15) is 0 Å². The molecule has 0 aromatic rings. The highest BCUT2D eigenvalue weighted by Crippen LogP contribution is 2.34. The minimum absolute atomic E-state index is 0.404. The largest absolute Gasteiger partial charge is 0.519 e. The third kappa shape index (κ3) is 2.24. The van der Waals surface area contributed by atoms with E-state index in [0.717, 1.165) is 0 Å². The molecule has 0 radical (unpaired) electrons. The zero-order chi connectivity index (χ0) is 11.0. The summed E-state index contributed by atoms with van der Waals surface area (Å²) in [5.74, 6) is -1.57. The molecule has 0 bridgehead atoms. The molecule has 1 heterocycles. The fraction of sp³-hybridized carbons (Fsp3) is 0.667. The summed E-state index contributed by atoms with van der Waals surface area (Å²) < 4.78 is 9.35. The molecule has 1 aliphatic heterocycles. The van der Waals surface area contributed by atoms with Gasteiger partial charge >= 0.3 is 12.1 Å². The van der Waals surface area contributed by atoms with Crippen LogP contribution in [0.5, 0.6) is 0 Å². The van der Waals surface area contributed by atoms with Crippen LogP contribution in [0.2, 0.25) is 0 Å². The molecule has 0 aliphatic carbocycles. The molecule has 0 aromatic carbocycles. The minimum Gasteiger partial charge on any atom is -0.360 e. The highest BCUT2D eigenvalue weighted by atomic mass is 17.3. The summed E-state index contributed by atoms with van der Waals surface area (Å²) in [7, 11) is 0. The summed E-state index contributed by atoms with van der Waals surface area (Å²) >= 11 is 0. The maximum atomic E-state index is 10.5. The van der Waals surface area contributed by atoms with Gasteiger partial charge in [-0.2, -0.15) is 0 Å². The van der Waals surface area contributed by atoms with Crippen LogP contribution >= 0.6 is 0 Å². The highest BCUT2D eigenvalue weighted by molar-refractivity contribution is 5.66. The lowest BCUT2D eigenvalue weighted by molar-refractivity contribution is -0.524. The summed E-state index contributed by atoms with van der Waals surface area (Å²) in [6, 6.07) is 0. The molecule has 0 spiro atoms. The third-order valence-corrected chi connectivity index (χ3v) is 1.36. The normalized spacial score (nSPS) is 19.3. The van der Waals surface area contributed by atoms with Crippen LogP contribution in [0.3, 0.4) is 0 Å². The van der Waals surface area contributed by atoms with Crippen LogP contribution in [-0.4, -0.2) is 17.7 Å². The molecule has 1 aliphatic rings. The summed E-state index contributed by atoms with van der Waals surface area (Å²) in [5.41, 5.74) is -0.116. The number of hydrogen-bond acceptors (Lipinski definition) is 5. The molecule has 0 amide bonds. The van der Waals surface area contributed by atoms with E-state index in [1.807, 2.05) is 0 Å². The van der Waals surface area contributed by atoms with E-state index in [1.54, 1.807) is 27.7 Å². The van der Waals surface area contributed by atoms with Gasteiger partial charge in [-0.15, -0.1) is 4.89 Å². The topological polar surface area (TPSA) is 54.0 Å². The summed E-state index contributed by atoms with van der Waals surface area (Å²) in [6.45, 7) is 10.6. The van der Waals surface area contributed by atoms with Crippen LogP contribution in [0, 0.1) is 0 Å². The van der Waals surface area contributed by atoms with Crippen molar-refractivity contribution in [1.82, 2.24) is 0 Å². The van der Waals surface area contributed by atoms with Crippen LogP contribution in [0.1, 0.15) is 27.7 Å². The van der Waals surface area contributed by atoms with Crippen LogP contribution in [0.15, 0.2) is 12.2 Å². The Kier molecular flexibility index (Phi) is 2.56. The average Bonchev–Trinajstić information content (AvgIpc) is 1.93. The van der Waals surface area contributed by atoms with Crippen molar-refractivity contribution in [2.75, 3.05) is 0 Å². The second-order valence-corrected chi connectivity index (χ2v) is 4.07. The van der Waals surface area contributed by atoms with Crippen LogP contribution in [0.4, 0.5) is 4.79 Å². The van der Waals surface area contributed by atoms with Crippen molar-refractivity contribution in [2.24, 2.45) is 0 Å². The van der Waals surface area contributed by atoms with Crippen molar-refractivity contribution in [3.8, 4) is 0 Å². The first-order valence-electron chi connectivity index (χ1n) is 4.20. The number of rotatable bonds is 3. The van der Waals surface area contributed by atoms with Crippen molar-refractivity contribution < 1.29 is 24.0 Å². The van der Waals surface area contributed by atoms with E-state index < -0.39 is 17.7 Å². The Labute approximate surface area is 82.5 Å². The monoisotopic (exact) mass is 202 g/mol. The molecule has 1 fully saturated rings. The van der Waals surface area contributed by atoms with E-state index >= 15 is 0 Å². The Balaban J connectivity index is 2.55. The second-order valence-electron chi connectivity index (χ2n) is 4.07. The van der Waals surface area contributed by atoms with E-state index in [0.29, 0.717) is 5.57 Å². The van der Waals surface area contributed by atoms with Gasteiger partial charge in [-0.3, -0.25) is 0 Å². The predicted molar refractivity (Wildman–Crippen MR) is 47.0 cm³/mol. The molecule has 14 heavy (non-hydrogen) atoms. The van der Waals surface area contributed by atoms with Gasteiger partial charge in [0.15, 0.2) is 0 Å². The molecule has 5 heteroatoms. The summed E-state index contributed by atoms with van der Waals surface area (Å²) in [5, 5.41) is 0. The predicted octanol–water partition coefficient (Wildman–Crippen LogP) is 2.13. The maximum absolute atomic E-state index is 10.5. The van der Waals surface area contributed by atoms with Gasteiger partial charge in [-0.05, 0) is 27.7 Å². The Morgan fingerprint density at radius 1 is 1.43 bits per heavy atom. The Morgan fingerprint density at radius 2 is 1.93 bits per heavy atom. The number of cyclic esters (lactones) is 2. The molecule has 0 N–H and O–H groups in total. The van der Waals surface area contributed by atoms with Gasteiger partial charge < -0.3 is 9.47 Å². The number of hydrogen-bond donors (Lipinski definition) is 0. The zero-order valence-electron chi connectivity index (χ0n) is 8.75. The van der Waals surface area contributed by atoms with Gasteiger partial charge in [0, 0.05) is 5.57 Å². The summed E-state index contributed by atoms with van der Waals surface area (Å²) in [4.78, 5) is 20.4. The van der Waals surface area contributed by atoms with Crippen LogP contribution < -0.4 is 0 Å². The van der Waals surface area contributed by atoms with Crippen molar-refractivity contribution in [2.45, 2.75) is 39.3 Å². The maximum Gasteiger partial charge on any atom is 0.519 e. The Hall–Kier alpha value is -1.07. The van der Waals surface area contributed by atoms with Crippen molar-refractivity contribution in [3.63, 3.8) is 0 Å².